The molecule has 0 amide bonds. The molecular weight excluding hydrogens is 567 g/mol. The summed E-state index contributed by atoms with van der Waals surface area (Å²) in [6, 6.07) is 17.8. The third-order valence-electron chi connectivity index (χ3n) is 4.33. The molecule has 196 valence electrons. The number of rotatable bonds is 2. The van der Waals surface area contributed by atoms with Crippen LogP contribution in [0.4, 0.5) is 0 Å². The van der Waals surface area contributed by atoms with Crippen molar-refractivity contribution in [2.45, 2.75) is 6.92 Å². The molecule has 1 atom stereocenters. The van der Waals surface area contributed by atoms with Crippen LogP contribution >= 0.6 is 11.6 Å². The number of methoxy groups -OCH3 is 2. The molecule has 0 saturated heterocycles. The molecule has 2 aromatic heterocycles. The fourth-order valence-corrected chi connectivity index (χ4v) is 2.97. The third-order valence-corrected chi connectivity index (χ3v) is 4.54. The molecule has 0 aliphatic carbocycles. The molecule has 14 heteroatoms. The number of ether oxygens (including phenoxy) is 2. The van der Waals surface area contributed by atoms with Crippen LogP contribution in [0.1, 0.15) is 26.4 Å². The number of esters is 2. The zero-order valence-corrected chi connectivity index (χ0v) is 25.5. The Bertz CT molecular complexity index is 1350. The summed E-state index contributed by atoms with van der Waals surface area (Å²) in [5.41, 5.74) is 3.68. The summed E-state index contributed by atoms with van der Waals surface area (Å²) in [4.78, 5) is 31.0. The Morgan fingerprint density at radius 1 is 0.842 bits per heavy atom. The maximum Gasteiger partial charge on any atom is 1.00 e. The Morgan fingerprint density at radius 3 is 1.66 bits per heavy atom. The number of carbonyl (C=O) groups is 2. The molecule has 0 spiro atoms. The number of fused-ring (bicyclic) bond motifs is 2. The molecule has 4 aromatic rings. The van der Waals surface area contributed by atoms with Gasteiger partial charge >= 0.3 is 53.1 Å². The van der Waals surface area contributed by atoms with Gasteiger partial charge in [0, 0.05) is 16.5 Å². The van der Waals surface area contributed by atoms with Gasteiger partial charge in [0.25, 0.3) is 0 Å². The first-order valence-electron chi connectivity index (χ1n) is 10.1. The van der Waals surface area contributed by atoms with Crippen molar-refractivity contribution in [3.8, 4) is 0 Å². The Kier molecular flexibility index (Phi) is 17.4. The van der Waals surface area contributed by atoms with Gasteiger partial charge in [0.15, 0.2) is 0 Å². The van der Waals surface area contributed by atoms with Crippen molar-refractivity contribution in [2.24, 2.45) is 0 Å². The standard InChI is InChI=1S/C12H11NO2.C11H8ClNO2.CH4O2S.Na.O2S/c1-8-3-4-9-7-10(12(14)15-2)5-6-11(9)13-8;1-15-11(14)8-2-4-9-7(6-8)3-5-10(12)13-9;1-4(2)3;;1-3-2/h3-7H,1-2H3;2-6H,1H3;1H3,(H,2,3);;/q;;;+1;/p-1. The number of carbonyl (C=O) groups excluding carboxylic acids is 2. The van der Waals surface area contributed by atoms with Gasteiger partial charge in [0.1, 0.15) is 5.15 Å². The number of aryl methyl sites for hydroxylation is 1. The summed E-state index contributed by atoms with van der Waals surface area (Å²) in [7, 11) is 2.73. The molecule has 2 aromatic carbocycles. The molecule has 0 radical (unpaired) electrons. The minimum absolute atomic E-state index is 0. The smallest absolute Gasteiger partial charge is 0.773 e. The minimum atomic E-state index is -1.86. The van der Waals surface area contributed by atoms with E-state index in [9.17, 15) is 9.59 Å². The zero-order valence-electron chi connectivity index (χ0n) is 21.1. The number of benzene rings is 2. The van der Waals surface area contributed by atoms with Crippen LogP contribution in [0.25, 0.3) is 21.8 Å². The molecule has 0 fully saturated rings. The molecule has 0 aliphatic rings. The van der Waals surface area contributed by atoms with E-state index in [1.54, 1.807) is 36.4 Å². The number of pyridine rings is 2. The van der Waals surface area contributed by atoms with E-state index in [1.165, 1.54) is 14.2 Å². The summed E-state index contributed by atoms with van der Waals surface area (Å²) in [5.74, 6) is -0.677. The maximum atomic E-state index is 11.3. The van der Waals surface area contributed by atoms with Gasteiger partial charge in [-0.2, -0.15) is 8.42 Å². The van der Waals surface area contributed by atoms with Crippen molar-refractivity contribution >= 4 is 68.0 Å². The Balaban J connectivity index is 0.000000569. The average molecular weight is 589 g/mol. The van der Waals surface area contributed by atoms with Crippen molar-refractivity contribution < 1.29 is 65.8 Å². The van der Waals surface area contributed by atoms with Crippen LogP contribution in [0.5, 0.6) is 0 Å². The van der Waals surface area contributed by atoms with Crippen LogP contribution in [-0.4, -0.2) is 59.6 Å². The van der Waals surface area contributed by atoms with Gasteiger partial charge in [0.2, 0.25) is 0 Å². The van der Waals surface area contributed by atoms with Crippen LogP contribution in [0.3, 0.4) is 0 Å². The topological polar surface area (TPSA) is 153 Å². The van der Waals surface area contributed by atoms with Gasteiger partial charge in [-0.3, -0.25) is 9.19 Å². The largest absolute Gasteiger partial charge is 1.00 e. The molecule has 38 heavy (non-hydrogen) atoms. The number of hydrogen-bond acceptors (Lipinski definition) is 10. The second-order valence-corrected chi connectivity index (χ2v) is 8.18. The summed E-state index contributed by atoms with van der Waals surface area (Å²) >= 11 is 3.13. The Morgan fingerprint density at radius 2 is 1.24 bits per heavy atom. The number of nitrogens with zero attached hydrogens (tertiary/aromatic N) is 2. The quantitative estimate of drug-likeness (QED) is 0.142. The Hall–Kier alpha value is -2.58. The van der Waals surface area contributed by atoms with Crippen molar-refractivity contribution in [3.05, 3.63) is 82.6 Å². The van der Waals surface area contributed by atoms with E-state index in [4.69, 9.17) is 28.8 Å². The van der Waals surface area contributed by atoms with Gasteiger partial charge < -0.3 is 14.0 Å². The third kappa shape index (κ3) is 12.3. The van der Waals surface area contributed by atoms with Crippen LogP contribution < -0.4 is 29.6 Å². The molecule has 0 bridgehead atoms. The number of hydrogen-bond donors (Lipinski definition) is 0. The first-order valence-corrected chi connectivity index (χ1v) is 12.6. The van der Waals surface area contributed by atoms with E-state index < -0.39 is 22.7 Å². The predicted molar refractivity (Wildman–Crippen MR) is 140 cm³/mol. The van der Waals surface area contributed by atoms with Gasteiger partial charge in [-0.05, 0) is 67.8 Å². The van der Waals surface area contributed by atoms with Gasteiger partial charge in [-0.1, -0.05) is 28.7 Å². The van der Waals surface area contributed by atoms with Crippen LogP contribution in [0, 0.1) is 6.92 Å². The van der Waals surface area contributed by atoms with Gasteiger partial charge in [0.05, 0.1) is 36.4 Å². The molecule has 0 saturated carbocycles. The van der Waals surface area contributed by atoms with Crippen LogP contribution in [-0.2, 0) is 32.1 Å². The second-order valence-electron chi connectivity index (χ2n) is 6.85. The molecule has 10 nitrogen and oxygen atoms in total. The molecule has 0 N–H and O–H groups in total. The van der Waals surface area contributed by atoms with E-state index in [0.717, 1.165) is 33.8 Å². The van der Waals surface area contributed by atoms with Gasteiger partial charge in [-0.25, -0.2) is 14.6 Å². The van der Waals surface area contributed by atoms with Crippen molar-refractivity contribution in [2.75, 3.05) is 20.5 Å². The fraction of sp³-hybridized carbons (Fsp3) is 0.167. The maximum absolute atomic E-state index is 11.3. The van der Waals surface area contributed by atoms with Crippen molar-refractivity contribution in [1.82, 2.24) is 9.97 Å². The van der Waals surface area contributed by atoms with Crippen molar-refractivity contribution in [1.29, 1.82) is 0 Å². The zero-order chi connectivity index (χ0) is 28.0. The summed E-state index contributed by atoms with van der Waals surface area (Å²) in [6.07, 6.45) is 1.08. The molecule has 4 rings (SSSR count). The van der Waals surface area contributed by atoms with E-state index in [1.807, 2.05) is 31.2 Å². The molecular formula is C24H22ClN2NaO8S2. The number of halogens is 1. The van der Waals surface area contributed by atoms with E-state index in [0.29, 0.717) is 16.3 Å². The first kappa shape index (κ1) is 35.4. The number of aromatic nitrogens is 2. The summed E-state index contributed by atoms with van der Waals surface area (Å²) in [5, 5.41) is 2.25. The van der Waals surface area contributed by atoms with E-state index in [-0.39, 0.29) is 41.5 Å². The molecule has 1 unspecified atom stereocenters. The summed E-state index contributed by atoms with van der Waals surface area (Å²) in [6.45, 7) is 1.94. The fourth-order valence-electron chi connectivity index (χ4n) is 2.82. The average Bonchev–Trinajstić information content (AvgIpc) is 2.87. The Labute approximate surface area is 252 Å². The van der Waals surface area contributed by atoms with E-state index >= 15 is 0 Å². The SMILES string of the molecule is COC(=O)c1ccc2nc(C)ccc2c1.COC(=O)c1ccc2nc(Cl)ccc2c1.CS(=O)[O-].O=S=O.[Na+]. The molecule has 2 heterocycles. The van der Waals surface area contributed by atoms with Gasteiger partial charge in [-0.15, -0.1) is 0 Å². The van der Waals surface area contributed by atoms with Crippen molar-refractivity contribution in [3.63, 3.8) is 0 Å². The second kappa shape index (κ2) is 18.6. The monoisotopic (exact) mass is 588 g/mol. The minimum Gasteiger partial charge on any atom is -0.773 e. The van der Waals surface area contributed by atoms with Crippen LogP contribution in [0.15, 0.2) is 60.7 Å². The molecule has 0 aliphatic heterocycles. The predicted octanol–water partition coefficient (Wildman–Crippen LogP) is 0.834. The normalized spacial score (nSPS) is 10.1. The van der Waals surface area contributed by atoms with Crippen LogP contribution in [0.2, 0.25) is 5.15 Å². The van der Waals surface area contributed by atoms with E-state index in [2.05, 4.69) is 19.4 Å². The first-order chi connectivity index (χ1) is 17.6. The summed E-state index contributed by atoms with van der Waals surface area (Å²) < 4.78 is 43.9.